The van der Waals surface area contributed by atoms with Crippen molar-refractivity contribution < 1.29 is 14.3 Å². The number of aromatic nitrogens is 2. The standard InChI is InChI=1S/C14H13ClN2O3/c1-3-20-14(18)10-8-11(16-17-13(10)15)9-6-4-5-7-12(9)19-2/h4-8H,3H2,1-2H3. The molecule has 0 amide bonds. The molecule has 104 valence electrons. The summed E-state index contributed by atoms with van der Waals surface area (Å²) < 4.78 is 10.2. The van der Waals surface area contributed by atoms with Gasteiger partial charge in [-0.05, 0) is 25.1 Å². The fourth-order valence-corrected chi connectivity index (χ4v) is 1.89. The van der Waals surface area contributed by atoms with Gasteiger partial charge in [-0.1, -0.05) is 23.7 Å². The van der Waals surface area contributed by atoms with Gasteiger partial charge in [0.1, 0.15) is 11.3 Å². The van der Waals surface area contributed by atoms with Crippen molar-refractivity contribution >= 4 is 17.6 Å². The van der Waals surface area contributed by atoms with Crippen LogP contribution in [0.15, 0.2) is 30.3 Å². The Bertz CT molecular complexity index is 632. The second-order valence-electron chi connectivity index (χ2n) is 3.85. The molecule has 1 aromatic heterocycles. The zero-order valence-corrected chi connectivity index (χ0v) is 11.8. The minimum absolute atomic E-state index is 0.0158. The molecule has 20 heavy (non-hydrogen) atoms. The third-order valence-corrected chi connectivity index (χ3v) is 2.91. The molecule has 5 nitrogen and oxygen atoms in total. The van der Waals surface area contributed by atoms with Crippen molar-refractivity contribution in [1.82, 2.24) is 10.2 Å². The van der Waals surface area contributed by atoms with Crippen LogP contribution >= 0.6 is 11.6 Å². The molecule has 6 heteroatoms. The van der Waals surface area contributed by atoms with E-state index in [0.29, 0.717) is 11.4 Å². The molecule has 2 aromatic rings. The number of carbonyl (C=O) groups is 1. The predicted molar refractivity (Wildman–Crippen MR) is 75.0 cm³/mol. The summed E-state index contributed by atoms with van der Waals surface area (Å²) in [5.41, 5.74) is 1.41. The van der Waals surface area contributed by atoms with Gasteiger partial charge in [-0.25, -0.2) is 4.79 Å². The van der Waals surface area contributed by atoms with Gasteiger partial charge in [0.25, 0.3) is 0 Å². The summed E-state index contributed by atoms with van der Waals surface area (Å²) in [5.74, 6) is 0.113. The van der Waals surface area contributed by atoms with E-state index < -0.39 is 5.97 Å². The number of para-hydroxylation sites is 1. The molecule has 0 aliphatic rings. The zero-order valence-electron chi connectivity index (χ0n) is 11.1. The van der Waals surface area contributed by atoms with E-state index in [1.165, 1.54) is 0 Å². The molecule has 0 saturated carbocycles. The van der Waals surface area contributed by atoms with Crippen LogP contribution in [0.4, 0.5) is 0 Å². The van der Waals surface area contributed by atoms with Gasteiger partial charge in [-0.2, -0.15) is 0 Å². The van der Waals surface area contributed by atoms with Crippen molar-refractivity contribution in [2.75, 3.05) is 13.7 Å². The molecule has 0 unspecified atom stereocenters. The first kappa shape index (κ1) is 14.3. The predicted octanol–water partition coefficient (Wildman–Crippen LogP) is 2.98. The Labute approximate surface area is 121 Å². The molecule has 0 radical (unpaired) electrons. The molecule has 0 bridgehead atoms. The summed E-state index contributed by atoms with van der Waals surface area (Å²) in [6.07, 6.45) is 0. The van der Waals surface area contributed by atoms with E-state index in [9.17, 15) is 4.79 Å². The second-order valence-corrected chi connectivity index (χ2v) is 4.21. The average molecular weight is 293 g/mol. The summed E-state index contributed by atoms with van der Waals surface area (Å²) in [7, 11) is 1.56. The number of halogens is 1. The molecule has 0 N–H and O–H groups in total. The minimum atomic E-state index is -0.524. The molecule has 0 fully saturated rings. The second kappa shape index (κ2) is 6.34. The van der Waals surface area contributed by atoms with Crippen LogP contribution in [-0.4, -0.2) is 29.9 Å². The van der Waals surface area contributed by atoms with Crippen molar-refractivity contribution in [1.29, 1.82) is 0 Å². The first-order chi connectivity index (χ1) is 9.67. The van der Waals surface area contributed by atoms with Gasteiger partial charge in [0, 0.05) is 5.56 Å². The fraction of sp³-hybridized carbons (Fsp3) is 0.214. The van der Waals surface area contributed by atoms with Crippen LogP contribution in [0, 0.1) is 0 Å². The van der Waals surface area contributed by atoms with Crippen molar-refractivity contribution in [2.24, 2.45) is 0 Å². The third-order valence-electron chi connectivity index (χ3n) is 2.63. The van der Waals surface area contributed by atoms with Crippen LogP contribution < -0.4 is 4.74 Å². The van der Waals surface area contributed by atoms with Crippen LogP contribution in [0.2, 0.25) is 5.15 Å². The Morgan fingerprint density at radius 1 is 1.30 bits per heavy atom. The van der Waals surface area contributed by atoms with Gasteiger partial charge in [-0.3, -0.25) is 0 Å². The Balaban J connectivity index is 2.48. The number of esters is 1. The number of nitrogens with zero attached hydrogens (tertiary/aromatic N) is 2. The smallest absolute Gasteiger partial charge is 0.341 e. The number of carbonyl (C=O) groups excluding carboxylic acids is 1. The first-order valence-electron chi connectivity index (χ1n) is 6.01. The highest BCUT2D eigenvalue weighted by Crippen LogP contribution is 2.29. The molecule has 1 aromatic carbocycles. The van der Waals surface area contributed by atoms with Gasteiger partial charge in [0.2, 0.25) is 0 Å². The lowest BCUT2D eigenvalue weighted by atomic mass is 10.1. The largest absolute Gasteiger partial charge is 0.496 e. The summed E-state index contributed by atoms with van der Waals surface area (Å²) >= 11 is 5.88. The van der Waals surface area contributed by atoms with E-state index in [0.717, 1.165) is 5.56 Å². The lowest BCUT2D eigenvalue weighted by Crippen LogP contribution is -2.07. The van der Waals surface area contributed by atoms with Crippen LogP contribution in [0.25, 0.3) is 11.3 Å². The van der Waals surface area contributed by atoms with Crippen LogP contribution in [0.1, 0.15) is 17.3 Å². The van der Waals surface area contributed by atoms with Gasteiger partial charge >= 0.3 is 5.97 Å². The zero-order chi connectivity index (χ0) is 14.5. The first-order valence-corrected chi connectivity index (χ1v) is 6.39. The third kappa shape index (κ3) is 2.88. The Morgan fingerprint density at radius 2 is 2.05 bits per heavy atom. The topological polar surface area (TPSA) is 61.3 Å². The van der Waals surface area contributed by atoms with Gasteiger partial charge in [0.05, 0.1) is 19.4 Å². The molecule has 0 aliphatic carbocycles. The summed E-state index contributed by atoms with van der Waals surface area (Å²) in [5, 5.41) is 7.80. The summed E-state index contributed by atoms with van der Waals surface area (Å²) in [6, 6.07) is 8.86. The van der Waals surface area contributed by atoms with Gasteiger partial charge in [-0.15, -0.1) is 10.2 Å². The molecule has 2 rings (SSSR count). The Kier molecular flexibility index (Phi) is 4.53. The number of benzene rings is 1. The molecule has 0 atom stereocenters. The summed E-state index contributed by atoms with van der Waals surface area (Å²) in [6.45, 7) is 1.99. The number of hydrogen-bond donors (Lipinski definition) is 0. The van der Waals surface area contributed by atoms with Crippen LogP contribution in [0.3, 0.4) is 0 Å². The number of rotatable bonds is 4. The lowest BCUT2D eigenvalue weighted by molar-refractivity contribution is 0.0526. The van der Waals surface area contributed by atoms with Crippen molar-refractivity contribution in [3.05, 3.63) is 41.0 Å². The fourth-order valence-electron chi connectivity index (χ4n) is 1.72. The van der Waals surface area contributed by atoms with Crippen molar-refractivity contribution in [3.8, 4) is 17.0 Å². The lowest BCUT2D eigenvalue weighted by Gasteiger charge is -2.09. The SMILES string of the molecule is CCOC(=O)c1cc(-c2ccccc2OC)nnc1Cl. The molecular weight excluding hydrogens is 280 g/mol. The summed E-state index contributed by atoms with van der Waals surface area (Å²) in [4.78, 5) is 11.8. The molecule has 0 saturated heterocycles. The molecular formula is C14H13ClN2O3. The van der Waals surface area contributed by atoms with E-state index in [-0.39, 0.29) is 17.3 Å². The number of ether oxygens (including phenoxy) is 2. The molecule has 0 aliphatic heterocycles. The molecule has 0 spiro atoms. The number of hydrogen-bond acceptors (Lipinski definition) is 5. The minimum Gasteiger partial charge on any atom is -0.496 e. The van der Waals surface area contributed by atoms with Gasteiger partial charge < -0.3 is 9.47 Å². The maximum Gasteiger partial charge on any atom is 0.341 e. The van der Waals surface area contributed by atoms with E-state index >= 15 is 0 Å². The maximum atomic E-state index is 11.8. The van der Waals surface area contributed by atoms with Crippen molar-refractivity contribution in [3.63, 3.8) is 0 Å². The monoisotopic (exact) mass is 292 g/mol. The van der Waals surface area contributed by atoms with E-state index in [1.807, 2.05) is 18.2 Å². The highest BCUT2D eigenvalue weighted by atomic mass is 35.5. The maximum absolute atomic E-state index is 11.8. The normalized spacial score (nSPS) is 10.2. The Hall–Kier alpha value is -2.14. The highest BCUT2D eigenvalue weighted by Gasteiger charge is 2.16. The van der Waals surface area contributed by atoms with E-state index in [2.05, 4.69) is 10.2 Å². The van der Waals surface area contributed by atoms with Crippen molar-refractivity contribution in [2.45, 2.75) is 6.92 Å². The van der Waals surface area contributed by atoms with Crippen LogP contribution in [-0.2, 0) is 4.74 Å². The number of methoxy groups -OCH3 is 1. The van der Waals surface area contributed by atoms with E-state index in [4.69, 9.17) is 21.1 Å². The highest BCUT2D eigenvalue weighted by molar-refractivity contribution is 6.32. The van der Waals surface area contributed by atoms with E-state index in [1.54, 1.807) is 26.2 Å². The molecule has 1 heterocycles. The van der Waals surface area contributed by atoms with Gasteiger partial charge in [0.15, 0.2) is 5.15 Å². The Morgan fingerprint density at radius 3 is 2.75 bits per heavy atom. The quantitative estimate of drug-likeness (QED) is 0.811. The van der Waals surface area contributed by atoms with Crippen LogP contribution in [0.5, 0.6) is 5.75 Å². The average Bonchev–Trinajstić information content (AvgIpc) is 2.48.